The van der Waals surface area contributed by atoms with Crippen molar-refractivity contribution < 1.29 is 9.50 Å². The first-order valence-electron chi connectivity index (χ1n) is 4.33. The van der Waals surface area contributed by atoms with Gasteiger partial charge in [0, 0.05) is 5.54 Å². The summed E-state index contributed by atoms with van der Waals surface area (Å²) in [6, 6.07) is 6.16. The number of nitrogens with two attached hydrogens (primary N) is 1. The van der Waals surface area contributed by atoms with Gasteiger partial charge >= 0.3 is 0 Å². The molecule has 0 atom stereocenters. The number of aliphatic hydroxyl groups is 1. The molecular weight excluding hydrogens is 169 g/mol. The first-order valence-corrected chi connectivity index (χ1v) is 4.33. The largest absolute Gasteiger partial charge is 0.393 e. The smallest absolute Gasteiger partial charge is 0.123 e. The molecule has 1 aromatic carbocycles. The fraction of sp³-hybridized carbons (Fsp3) is 0.400. The highest BCUT2D eigenvalue weighted by Gasteiger charge is 2.41. The Balaban J connectivity index is 2.22. The summed E-state index contributed by atoms with van der Waals surface area (Å²) in [4.78, 5) is 0. The van der Waals surface area contributed by atoms with Crippen molar-refractivity contribution in [3.63, 3.8) is 0 Å². The van der Waals surface area contributed by atoms with Gasteiger partial charge in [0.15, 0.2) is 0 Å². The Morgan fingerprint density at radius 3 is 2.31 bits per heavy atom. The highest BCUT2D eigenvalue weighted by atomic mass is 19.1. The highest BCUT2D eigenvalue weighted by Crippen LogP contribution is 2.38. The molecule has 0 heterocycles. The van der Waals surface area contributed by atoms with Crippen LogP contribution >= 0.6 is 0 Å². The molecular formula is C10H12FNO. The van der Waals surface area contributed by atoms with Gasteiger partial charge in [-0.1, -0.05) is 12.1 Å². The fourth-order valence-corrected chi connectivity index (χ4v) is 1.80. The Morgan fingerprint density at radius 1 is 1.31 bits per heavy atom. The second kappa shape index (κ2) is 2.79. The van der Waals surface area contributed by atoms with E-state index in [2.05, 4.69) is 0 Å². The molecule has 13 heavy (non-hydrogen) atoms. The minimum absolute atomic E-state index is 0.257. The standard InChI is InChI=1S/C10H12FNO/c11-8-3-1-7(2-4-8)10(12)5-9(13)6-10/h1-4,9,13H,5-6,12H2. The van der Waals surface area contributed by atoms with Crippen LogP contribution < -0.4 is 5.73 Å². The number of aliphatic hydroxyl groups excluding tert-OH is 1. The summed E-state index contributed by atoms with van der Waals surface area (Å²) in [7, 11) is 0. The Bertz CT molecular complexity index is 303. The number of hydrogen-bond donors (Lipinski definition) is 2. The van der Waals surface area contributed by atoms with E-state index in [1.165, 1.54) is 12.1 Å². The summed E-state index contributed by atoms with van der Waals surface area (Å²) in [5.74, 6) is -0.257. The lowest BCUT2D eigenvalue weighted by Crippen LogP contribution is -2.51. The summed E-state index contributed by atoms with van der Waals surface area (Å²) in [6.07, 6.45) is 0.840. The monoisotopic (exact) mass is 181 g/mol. The van der Waals surface area contributed by atoms with Gasteiger partial charge in [0.05, 0.1) is 6.10 Å². The number of halogens is 1. The maximum Gasteiger partial charge on any atom is 0.123 e. The van der Waals surface area contributed by atoms with E-state index in [1.807, 2.05) is 0 Å². The Labute approximate surface area is 76.2 Å². The lowest BCUT2D eigenvalue weighted by atomic mass is 9.71. The zero-order chi connectivity index (χ0) is 9.47. The van der Waals surface area contributed by atoms with Crippen LogP contribution in [0.2, 0.25) is 0 Å². The molecule has 0 bridgehead atoms. The van der Waals surface area contributed by atoms with Crippen LogP contribution in [0.5, 0.6) is 0 Å². The first kappa shape index (κ1) is 8.66. The normalized spacial score (nSPS) is 32.7. The predicted octanol–water partition coefficient (Wildman–Crippen LogP) is 1.13. The second-order valence-corrected chi connectivity index (χ2v) is 3.73. The van der Waals surface area contributed by atoms with E-state index in [0.29, 0.717) is 12.8 Å². The van der Waals surface area contributed by atoms with Crippen molar-refractivity contribution in [2.24, 2.45) is 5.73 Å². The summed E-state index contributed by atoms with van der Waals surface area (Å²) in [6.45, 7) is 0. The van der Waals surface area contributed by atoms with Gasteiger partial charge in [-0.15, -0.1) is 0 Å². The molecule has 3 N–H and O–H groups in total. The summed E-state index contributed by atoms with van der Waals surface area (Å²) < 4.78 is 12.6. The van der Waals surface area contributed by atoms with Crippen LogP contribution in [0, 0.1) is 5.82 Å². The molecule has 2 nitrogen and oxygen atoms in total. The number of rotatable bonds is 1. The van der Waals surface area contributed by atoms with Gasteiger partial charge in [0.1, 0.15) is 5.82 Å². The van der Waals surface area contributed by atoms with E-state index in [1.54, 1.807) is 12.1 Å². The quantitative estimate of drug-likeness (QED) is 0.682. The third-order valence-corrected chi connectivity index (χ3v) is 2.62. The van der Waals surface area contributed by atoms with Crippen LogP contribution in [-0.4, -0.2) is 11.2 Å². The van der Waals surface area contributed by atoms with Crippen molar-refractivity contribution >= 4 is 0 Å². The van der Waals surface area contributed by atoms with Crippen LogP contribution in [0.25, 0.3) is 0 Å². The average Bonchev–Trinajstić information content (AvgIpc) is 2.03. The molecule has 0 saturated heterocycles. The van der Waals surface area contributed by atoms with E-state index >= 15 is 0 Å². The second-order valence-electron chi connectivity index (χ2n) is 3.73. The average molecular weight is 181 g/mol. The van der Waals surface area contributed by atoms with Crippen molar-refractivity contribution in [1.82, 2.24) is 0 Å². The van der Waals surface area contributed by atoms with Crippen LogP contribution in [0.3, 0.4) is 0 Å². The van der Waals surface area contributed by atoms with Crippen LogP contribution in [0.4, 0.5) is 4.39 Å². The molecule has 70 valence electrons. The molecule has 1 aromatic rings. The molecule has 1 fully saturated rings. The summed E-state index contributed by atoms with van der Waals surface area (Å²) in [5, 5.41) is 9.15. The molecule has 0 amide bonds. The van der Waals surface area contributed by atoms with Gasteiger partial charge in [-0.25, -0.2) is 4.39 Å². The zero-order valence-corrected chi connectivity index (χ0v) is 7.20. The van der Waals surface area contributed by atoms with Crippen molar-refractivity contribution in [2.45, 2.75) is 24.5 Å². The van der Waals surface area contributed by atoms with Crippen molar-refractivity contribution in [3.8, 4) is 0 Å². The van der Waals surface area contributed by atoms with Gasteiger partial charge < -0.3 is 10.8 Å². The molecule has 1 aliphatic carbocycles. The minimum atomic E-state index is -0.437. The zero-order valence-electron chi connectivity index (χ0n) is 7.20. The molecule has 0 aliphatic heterocycles. The van der Waals surface area contributed by atoms with Crippen LogP contribution in [-0.2, 0) is 5.54 Å². The predicted molar refractivity (Wildman–Crippen MR) is 47.5 cm³/mol. The van der Waals surface area contributed by atoms with E-state index in [0.717, 1.165) is 5.56 Å². The van der Waals surface area contributed by atoms with E-state index < -0.39 is 5.54 Å². The molecule has 3 heteroatoms. The fourth-order valence-electron chi connectivity index (χ4n) is 1.80. The van der Waals surface area contributed by atoms with Crippen LogP contribution in [0.1, 0.15) is 18.4 Å². The van der Waals surface area contributed by atoms with E-state index in [-0.39, 0.29) is 11.9 Å². The first-order chi connectivity index (χ1) is 6.10. The Kier molecular flexibility index (Phi) is 1.86. The number of hydrogen-bond acceptors (Lipinski definition) is 2. The Hall–Kier alpha value is -0.930. The van der Waals surface area contributed by atoms with Gasteiger partial charge in [-0.05, 0) is 30.5 Å². The van der Waals surface area contributed by atoms with Crippen molar-refractivity contribution in [3.05, 3.63) is 35.6 Å². The lowest BCUT2D eigenvalue weighted by Gasteiger charge is -2.42. The molecule has 1 aliphatic rings. The van der Waals surface area contributed by atoms with Gasteiger partial charge in [-0.3, -0.25) is 0 Å². The maximum absolute atomic E-state index is 12.6. The summed E-state index contributed by atoms with van der Waals surface area (Å²) >= 11 is 0. The van der Waals surface area contributed by atoms with Crippen molar-refractivity contribution in [2.75, 3.05) is 0 Å². The van der Waals surface area contributed by atoms with Gasteiger partial charge in [0.2, 0.25) is 0 Å². The van der Waals surface area contributed by atoms with E-state index in [4.69, 9.17) is 10.8 Å². The molecule has 0 spiro atoms. The third-order valence-electron chi connectivity index (χ3n) is 2.62. The van der Waals surface area contributed by atoms with Crippen LogP contribution in [0.15, 0.2) is 24.3 Å². The van der Waals surface area contributed by atoms with Gasteiger partial charge in [0.25, 0.3) is 0 Å². The topological polar surface area (TPSA) is 46.2 Å². The Morgan fingerprint density at radius 2 is 1.85 bits per heavy atom. The molecule has 2 rings (SSSR count). The number of benzene rings is 1. The van der Waals surface area contributed by atoms with Crippen molar-refractivity contribution in [1.29, 1.82) is 0 Å². The summed E-state index contributed by atoms with van der Waals surface area (Å²) in [5.41, 5.74) is 6.45. The molecule has 1 saturated carbocycles. The highest BCUT2D eigenvalue weighted by molar-refractivity contribution is 5.27. The molecule has 0 radical (unpaired) electrons. The van der Waals surface area contributed by atoms with E-state index in [9.17, 15) is 4.39 Å². The molecule has 0 aromatic heterocycles. The lowest BCUT2D eigenvalue weighted by molar-refractivity contribution is 0.0209. The SMILES string of the molecule is NC1(c2ccc(F)cc2)CC(O)C1. The molecule has 0 unspecified atom stereocenters. The maximum atomic E-state index is 12.6. The minimum Gasteiger partial charge on any atom is -0.393 e. The van der Waals surface area contributed by atoms with Gasteiger partial charge in [-0.2, -0.15) is 0 Å². The third kappa shape index (κ3) is 1.45.